The number of anilines is 1. The van der Waals surface area contributed by atoms with E-state index in [4.69, 9.17) is 4.74 Å². The lowest BCUT2D eigenvalue weighted by molar-refractivity contribution is 0.0962. The summed E-state index contributed by atoms with van der Waals surface area (Å²) >= 11 is 0. The molecule has 0 atom stereocenters. The lowest BCUT2D eigenvalue weighted by atomic mass is 10.1. The van der Waals surface area contributed by atoms with E-state index < -0.39 is 11.6 Å². The van der Waals surface area contributed by atoms with Gasteiger partial charge in [-0.15, -0.1) is 0 Å². The Bertz CT molecular complexity index is 1010. The van der Waals surface area contributed by atoms with Crippen molar-refractivity contribution in [3.63, 3.8) is 0 Å². The molecule has 1 aromatic heterocycles. The summed E-state index contributed by atoms with van der Waals surface area (Å²) in [6, 6.07) is 13.6. The number of nitrogens with one attached hydrogen (secondary N) is 2. The molecule has 2 N–H and O–H groups in total. The molecule has 144 valence electrons. The number of carbonyl (C=O) groups is 1. The van der Waals surface area contributed by atoms with E-state index in [1.165, 1.54) is 12.1 Å². The zero-order valence-electron chi connectivity index (χ0n) is 15.4. The van der Waals surface area contributed by atoms with E-state index in [0.717, 1.165) is 11.6 Å². The lowest BCUT2D eigenvalue weighted by Crippen LogP contribution is -2.18. The van der Waals surface area contributed by atoms with Gasteiger partial charge in [0.1, 0.15) is 23.2 Å². The Morgan fingerprint density at radius 1 is 1.11 bits per heavy atom. The van der Waals surface area contributed by atoms with Crippen LogP contribution in [-0.2, 0) is 0 Å². The molecule has 28 heavy (non-hydrogen) atoms. The van der Waals surface area contributed by atoms with Gasteiger partial charge >= 0.3 is 0 Å². The Hall–Kier alpha value is -3.48. The Kier molecular flexibility index (Phi) is 5.84. The van der Waals surface area contributed by atoms with Crippen molar-refractivity contribution >= 4 is 11.7 Å². The quantitative estimate of drug-likeness (QED) is 0.628. The first-order valence-corrected chi connectivity index (χ1v) is 8.60. The maximum Gasteiger partial charge on any atom is 0.251 e. The van der Waals surface area contributed by atoms with Crippen LogP contribution in [0.1, 0.15) is 15.9 Å². The van der Waals surface area contributed by atoms with Crippen LogP contribution in [0.2, 0.25) is 0 Å². The van der Waals surface area contributed by atoms with Gasteiger partial charge in [-0.1, -0.05) is 12.1 Å². The molecule has 1 heterocycles. The van der Waals surface area contributed by atoms with Gasteiger partial charge in [-0.05, 0) is 48.9 Å². The third-order valence-electron chi connectivity index (χ3n) is 4.11. The van der Waals surface area contributed by atoms with E-state index in [2.05, 4.69) is 15.6 Å². The molecule has 0 fully saturated rings. The second-order valence-electron chi connectivity index (χ2n) is 6.06. The van der Waals surface area contributed by atoms with Crippen LogP contribution in [0.5, 0.6) is 5.75 Å². The average Bonchev–Trinajstić information content (AvgIpc) is 2.69. The summed E-state index contributed by atoms with van der Waals surface area (Å²) < 4.78 is 32.8. The first-order valence-electron chi connectivity index (χ1n) is 8.60. The standard InChI is InChI=1S/C21H19F2N3O2/c1-13-6-7-14(21(27)24-2)10-19(13)28-12-25-20-5-3-4-18(26-20)16-9-8-15(22)11-17(16)23/h3-11H,12H2,1-2H3,(H,24,27)(H,25,26). The van der Waals surface area contributed by atoms with E-state index in [1.54, 1.807) is 43.4 Å². The highest BCUT2D eigenvalue weighted by Crippen LogP contribution is 2.23. The highest BCUT2D eigenvalue weighted by atomic mass is 19.1. The predicted molar refractivity (Wildman–Crippen MR) is 103 cm³/mol. The van der Waals surface area contributed by atoms with Gasteiger partial charge in [0, 0.05) is 24.2 Å². The molecule has 0 unspecified atom stereocenters. The minimum absolute atomic E-state index is 0.0976. The third-order valence-corrected chi connectivity index (χ3v) is 4.11. The molecule has 5 nitrogen and oxygen atoms in total. The molecule has 7 heteroatoms. The van der Waals surface area contributed by atoms with Crippen LogP contribution in [0.4, 0.5) is 14.6 Å². The first kappa shape index (κ1) is 19.3. The van der Waals surface area contributed by atoms with Crippen LogP contribution < -0.4 is 15.4 Å². The Morgan fingerprint density at radius 3 is 2.68 bits per heavy atom. The molecule has 0 aliphatic rings. The van der Waals surface area contributed by atoms with Gasteiger partial charge in [0.15, 0.2) is 6.73 Å². The number of pyridine rings is 1. The lowest BCUT2D eigenvalue weighted by Gasteiger charge is -2.12. The van der Waals surface area contributed by atoms with Crippen LogP contribution in [0.3, 0.4) is 0 Å². The summed E-state index contributed by atoms with van der Waals surface area (Å²) in [5.41, 5.74) is 1.96. The van der Waals surface area contributed by atoms with Crippen molar-refractivity contribution in [1.29, 1.82) is 0 Å². The zero-order chi connectivity index (χ0) is 20.1. The number of hydrogen-bond donors (Lipinski definition) is 2. The molecule has 0 spiro atoms. The van der Waals surface area contributed by atoms with Gasteiger partial charge in [-0.25, -0.2) is 13.8 Å². The molecule has 1 amide bonds. The van der Waals surface area contributed by atoms with Crippen molar-refractivity contribution in [2.24, 2.45) is 0 Å². The van der Waals surface area contributed by atoms with E-state index in [1.807, 2.05) is 6.92 Å². The highest BCUT2D eigenvalue weighted by molar-refractivity contribution is 5.94. The molecule has 3 rings (SSSR count). The number of halogens is 2. The van der Waals surface area contributed by atoms with Gasteiger partial charge in [-0.3, -0.25) is 4.79 Å². The smallest absolute Gasteiger partial charge is 0.251 e. The molecule has 0 saturated carbocycles. The van der Waals surface area contributed by atoms with Crippen molar-refractivity contribution in [3.05, 3.63) is 77.4 Å². The number of nitrogens with zero attached hydrogens (tertiary/aromatic N) is 1. The fraction of sp³-hybridized carbons (Fsp3) is 0.143. The SMILES string of the molecule is CNC(=O)c1ccc(C)c(OCNc2cccc(-c3ccc(F)cc3F)n2)c1. The van der Waals surface area contributed by atoms with Crippen LogP contribution in [-0.4, -0.2) is 24.7 Å². The maximum atomic E-state index is 14.0. The topological polar surface area (TPSA) is 63.2 Å². The fourth-order valence-corrected chi connectivity index (χ4v) is 2.61. The number of rotatable bonds is 6. The van der Waals surface area contributed by atoms with Crippen LogP contribution in [0.15, 0.2) is 54.6 Å². The minimum Gasteiger partial charge on any atom is -0.473 e. The second-order valence-corrected chi connectivity index (χ2v) is 6.06. The number of carbonyl (C=O) groups excluding carboxylic acids is 1. The summed E-state index contributed by atoms with van der Waals surface area (Å²) in [5, 5.41) is 5.56. The third kappa shape index (κ3) is 4.43. The van der Waals surface area contributed by atoms with E-state index in [9.17, 15) is 13.6 Å². The highest BCUT2D eigenvalue weighted by Gasteiger charge is 2.09. The number of benzene rings is 2. The molecular weight excluding hydrogens is 364 g/mol. The van der Waals surface area contributed by atoms with Gasteiger partial charge in [0.2, 0.25) is 0 Å². The van der Waals surface area contributed by atoms with Crippen LogP contribution in [0, 0.1) is 18.6 Å². The monoisotopic (exact) mass is 383 g/mol. The molecular formula is C21H19F2N3O2. The van der Waals surface area contributed by atoms with Gasteiger partial charge < -0.3 is 15.4 Å². The van der Waals surface area contributed by atoms with Crippen molar-refractivity contribution in [1.82, 2.24) is 10.3 Å². The Labute approximate surface area is 161 Å². The summed E-state index contributed by atoms with van der Waals surface area (Å²) in [4.78, 5) is 16.1. The van der Waals surface area contributed by atoms with E-state index in [-0.39, 0.29) is 18.2 Å². The van der Waals surface area contributed by atoms with Gasteiger partial charge in [-0.2, -0.15) is 0 Å². The minimum atomic E-state index is -0.678. The second kappa shape index (κ2) is 8.47. The number of aryl methyl sites for hydroxylation is 1. The maximum absolute atomic E-state index is 14.0. The molecule has 0 radical (unpaired) electrons. The zero-order valence-corrected chi connectivity index (χ0v) is 15.4. The number of ether oxygens (including phenoxy) is 1. The summed E-state index contributed by atoms with van der Waals surface area (Å²) in [6.07, 6.45) is 0. The summed E-state index contributed by atoms with van der Waals surface area (Å²) in [5.74, 6) is -0.481. The van der Waals surface area contributed by atoms with Crippen LogP contribution >= 0.6 is 0 Å². The first-order chi connectivity index (χ1) is 13.5. The van der Waals surface area contributed by atoms with E-state index in [0.29, 0.717) is 22.8 Å². The summed E-state index contributed by atoms with van der Waals surface area (Å²) in [6.45, 7) is 1.97. The Morgan fingerprint density at radius 2 is 1.93 bits per heavy atom. The Balaban J connectivity index is 1.70. The molecule has 0 saturated heterocycles. The van der Waals surface area contributed by atoms with Gasteiger partial charge in [0.05, 0.1) is 5.69 Å². The van der Waals surface area contributed by atoms with Crippen molar-refractivity contribution in [2.75, 3.05) is 19.1 Å². The number of hydrogen-bond acceptors (Lipinski definition) is 4. The summed E-state index contributed by atoms with van der Waals surface area (Å²) in [7, 11) is 1.56. The average molecular weight is 383 g/mol. The molecule has 2 aromatic carbocycles. The molecule has 0 bridgehead atoms. The van der Waals surface area contributed by atoms with Crippen LogP contribution in [0.25, 0.3) is 11.3 Å². The molecule has 0 aliphatic heterocycles. The fourth-order valence-electron chi connectivity index (χ4n) is 2.61. The van der Waals surface area contributed by atoms with Crippen molar-refractivity contribution in [3.8, 4) is 17.0 Å². The van der Waals surface area contributed by atoms with Gasteiger partial charge in [0.25, 0.3) is 5.91 Å². The van der Waals surface area contributed by atoms with Crippen molar-refractivity contribution in [2.45, 2.75) is 6.92 Å². The normalized spacial score (nSPS) is 10.4. The predicted octanol–water partition coefficient (Wildman–Crippen LogP) is 4.14. The largest absolute Gasteiger partial charge is 0.473 e. The number of amides is 1. The molecule has 3 aromatic rings. The number of aromatic nitrogens is 1. The van der Waals surface area contributed by atoms with Crippen molar-refractivity contribution < 1.29 is 18.3 Å². The van der Waals surface area contributed by atoms with E-state index >= 15 is 0 Å². The molecule has 0 aliphatic carbocycles.